The Bertz CT molecular complexity index is 1040. The molecule has 1 spiro atoms. The van der Waals surface area contributed by atoms with Crippen LogP contribution in [0.15, 0.2) is 78.9 Å². The van der Waals surface area contributed by atoms with Crippen LogP contribution in [0, 0.1) is 0 Å². The summed E-state index contributed by atoms with van der Waals surface area (Å²) >= 11 is 0. The maximum Gasteiger partial charge on any atom is 0.232 e. The number of rotatable bonds is 4. The maximum absolute atomic E-state index is 13.3. The summed E-state index contributed by atoms with van der Waals surface area (Å²) in [5.41, 5.74) is 3.53. The Morgan fingerprint density at radius 3 is 2.26 bits per heavy atom. The van der Waals surface area contributed by atoms with E-state index in [9.17, 15) is 4.79 Å². The summed E-state index contributed by atoms with van der Waals surface area (Å²) in [6.07, 6.45) is 2.56. The lowest BCUT2D eigenvalue weighted by Gasteiger charge is -2.44. The van der Waals surface area contributed by atoms with Gasteiger partial charge in [0.05, 0.1) is 5.92 Å². The predicted octanol–water partition coefficient (Wildman–Crippen LogP) is 5.06. The molecule has 0 saturated carbocycles. The molecule has 31 heavy (non-hydrogen) atoms. The van der Waals surface area contributed by atoms with E-state index in [-0.39, 0.29) is 17.4 Å². The van der Waals surface area contributed by atoms with Crippen LogP contribution in [0.2, 0.25) is 0 Å². The number of fused-ring (bicyclic) bond motifs is 1. The third kappa shape index (κ3) is 4.28. The molecule has 2 heterocycles. The summed E-state index contributed by atoms with van der Waals surface area (Å²) in [5.74, 6) is 0.654. The molecule has 158 valence electrons. The van der Waals surface area contributed by atoms with Gasteiger partial charge in [0, 0.05) is 29.0 Å². The van der Waals surface area contributed by atoms with Gasteiger partial charge in [0.25, 0.3) is 0 Å². The Hall–Kier alpha value is -3.31. The van der Waals surface area contributed by atoms with Gasteiger partial charge in [0.15, 0.2) is 0 Å². The molecule has 3 N–H and O–H groups in total. The first-order chi connectivity index (χ1) is 15.2. The number of carbonyl (C=O) groups excluding carboxylic acids is 1. The van der Waals surface area contributed by atoms with Crippen LogP contribution in [0.1, 0.15) is 30.7 Å². The second-order valence-corrected chi connectivity index (χ2v) is 8.39. The molecule has 1 fully saturated rings. The van der Waals surface area contributed by atoms with E-state index in [1.807, 2.05) is 78.9 Å². The maximum atomic E-state index is 13.3. The van der Waals surface area contributed by atoms with Crippen LogP contribution in [0.4, 0.5) is 17.1 Å². The molecule has 5 heteroatoms. The Labute approximate surface area is 182 Å². The lowest BCUT2D eigenvalue weighted by atomic mass is 9.77. The van der Waals surface area contributed by atoms with Crippen LogP contribution in [0.5, 0.6) is 5.75 Å². The molecule has 0 aromatic heterocycles. The number of anilines is 3. The molecule has 0 radical (unpaired) electrons. The molecule has 5 nitrogen and oxygen atoms in total. The fourth-order valence-corrected chi connectivity index (χ4v) is 4.60. The molecule has 1 atom stereocenters. The highest BCUT2D eigenvalue weighted by Gasteiger charge is 2.44. The van der Waals surface area contributed by atoms with Crippen molar-refractivity contribution in [1.82, 2.24) is 5.32 Å². The van der Waals surface area contributed by atoms with Gasteiger partial charge in [-0.2, -0.15) is 0 Å². The zero-order valence-corrected chi connectivity index (χ0v) is 17.4. The third-order valence-corrected chi connectivity index (χ3v) is 6.24. The second-order valence-electron chi connectivity index (χ2n) is 8.39. The van der Waals surface area contributed by atoms with Gasteiger partial charge in [0.1, 0.15) is 11.4 Å². The van der Waals surface area contributed by atoms with Gasteiger partial charge in [-0.1, -0.05) is 36.4 Å². The Balaban J connectivity index is 1.32. The van der Waals surface area contributed by atoms with E-state index in [1.54, 1.807) is 0 Å². The van der Waals surface area contributed by atoms with E-state index in [0.29, 0.717) is 6.42 Å². The van der Waals surface area contributed by atoms with Gasteiger partial charge in [-0.15, -0.1) is 0 Å². The van der Waals surface area contributed by atoms with Crippen molar-refractivity contribution in [2.75, 3.05) is 23.7 Å². The number of hydrogen-bond donors (Lipinski definition) is 3. The molecule has 5 rings (SSSR count). The largest absolute Gasteiger partial charge is 0.487 e. The predicted molar refractivity (Wildman–Crippen MR) is 124 cm³/mol. The summed E-state index contributed by atoms with van der Waals surface area (Å²) in [7, 11) is 0. The average Bonchev–Trinajstić information content (AvgIpc) is 2.81. The minimum Gasteiger partial charge on any atom is -0.487 e. The Morgan fingerprint density at radius 2 is 1.48 bits per heavy atom. The lowest BCUT2D eigenvalue weighted by molar-refractivity contribution is -0.120. The SMILES string of the molecule is O=C(Nc1ccc(Nc2ccccc2)cc1)[C@@H]1CC2(CCNCC2)Oc2ccccc21. The molecule has 3 aromatic carbocycles. The number of ether oxygens (including phenoxy) is 1. The summed E-state index contributed by atoms with van der Waals surface area (Å²) in [6.45, 7) is 1.85. The number of carbonyl (C=O) groups is 1. The topological polar surface area (TPSA) is 62.4 Å². The van der Waals surface area contributed by atoms with Crippen molar-refractivity contribution < 1.29 is 9.53 Å². The standard InChI is InChI=1S/C26H27N3O2/c30-25(29-21-12-10-20(11-13-21)28-19-6-2-1-3-7-19)23-18-26(14-16-27-17-15-26)31-24-9-5-4-8-22(23)24/h1-13,23,27-28H,14-18H2,(H,29,30)/t23-/m1/s1. The summed E-state index contributed by atoms with van der Waals surface area (Å²) in [4.78, 5) is 13.3. The minimum absolute atomic E-state index is 0.0254. The van der Waals surface area contributed by atoms with Crippen LogP contribution >= 0.6 is 0 Å². The van der Waals surface area contributed by atoms with E-state index in [2.05, 4.69) is 16.0 Å². The Kier molecular flexibility index (Phi) is 5.35. The van der Waals surface area contributed by atoms with Gasteiger partial charge >= 0.3 is 0 Å². The van der Waals surface area contributed by atoms with Crippen molar-refractivity contribution >= 4 is 23.0 Å². The summed E-state index contributed by atoms with van der Waals surface area (Å²) in [5, 5.41) is 9.89. The van der Waals surface area contributed by atoms with E-state index in [1.165, 1.54) is 0 Å². The number of para-hydroxylation sites is 2. The molecule has 0 bridgehead atoms. The van der Waals surface area contributed by atoms with Gasteiger partial charge in [-0.25, -0.2) is 0 Å². The number of nitrogens with one attached hydrogen (secondary N) is 3. The third-order valence-electron chi connectivity index (χ3n) is 6.24. The van der Waals surface area contributed by atoms with Crippen LogP contribution in [0.25, 0.3) is 0 Å². The normalized spacial score (nSPS) is 19.2. The van der Waals surface area contributed by atoms with Crippen molar-refractivity contribution in [1.29, 1.82) is 0 Å². The Morgan fingerprint density at radius 1 is 0.839 bits per heavy atom. The van der Waals surface area contributed by atoms with Gasteiger partial charge in [0.2, 0.25) is 5.91 Å². The van der Waals surface area contributed by atoms with Crippen LogP contribution < -0.4 is 20.7 Å². The van der Waals surface area contributed by atoms with E-state index in [4.69, 9.17) is 4.74 Å². The molecule has 2 aliphatic heterocycles. The average molecular weight is 414 g/mol. The van der Waals surface area contributed by atoms with E-state index < -0.39 is 0 Å². The molecule has 2 aliphatic rings. The molecular weight excluding hydrogens is 386 g/mol. The van der Waals surface area contributed by atoms with Crippen molar-refractivity contribution in [2.45, 2.75) is 30.8 Å². The van der Waals surface area contributed by atoms with Gasteiger partial charge in [-0.3, -0.25) is 4.79 Å². The van der Waals surface area contributed by atoms with Crippen molar-refractivity contribution in [2.24, 2.45) is 0 Å². The van der Waals surface area contributed by atoms with Crippen LogP contribution in [-0.2, 0) is 4.79 Å². The number of piperidine rings is 1. The van der Waals surface area contributed by atoms with Crippen molar-refractivity contribution in [3.63, 3.8) is 0 Å². The number of amides is 1. The molecule has 1 amide bonds. The van der Waals surface area contributed by atoms with Crippen molar-refractivity contribution in [3.05, 3.63) is 84.4 Å². The monoisotopic (exact) mass is 413 g/mol. The van der Waals surface area contributed by atoms with E-state index >= 15 is 0 Å². The van der Waals surface area contributed by atoms with Crippen LogP contribution in [-0.4, -0.2) is 24.6 Å². The first-order valence-electron chi connectivity index (χ1n) is 10.9. The summed E-state index contributed by atoms with van der Waals surface area (Å²) < 4.78 is 6.44. The fraction of sp³-hybridized carbons (Fsp3) is 0.269. The minimum atomic E-state index is -0.259. The van der Waals surface area contributed by atoms with Gasteiger partial charge in [-0.05, 0) is 68.4 Å². The fourth-order valence-electron chi connectivity index (χ4n) is 4.60. The molecule has 0 unspecified atom stereocenters. The molecule has 1 saturated heterocycles. The molecule has 3 aromatic rings. The smallest absolute Gasteiger partial charge is 0.232 e. The van der Waals surface area contributed by atoms with E-state index in [0.717, 1.165) is 54.3 Å². The number of benzene rings is 3. The highest BCUT2D eigenvalue weighted by Crippen LogP contribution is 2.44. The highest BCUT2D eigenvalue weighted by atomic mass is 16.5. The second kappa shape index (κ2) is 8.44. The first kappa shape index (κ1) is 19.6. The molecular formula is C26H27N3O2. The summed E-state index contributed by atoms with van der Waals surface area (Å²) in [6, 6.07) is 25.8. The highest BCUT2D eigenvalue weighted by molar-refractivity contribution is 5.96. The first-order valence-corrected chi connectivity index (χ1v) is 10.9. The van der Waals surface area contributed by atoms with Crippen LogP contribution in [0.3, 0.4) is 0 Å². The van der Waals surface area contributed by atoms with Crippen molar-refractivity contribution in [3.8, 4) is 5.75 Å². The molecule has 0 aliphatic carbocycles. The zero-order valence-electron chi connectivity index (χ0n) is 17.4. The van der Waals surface area contributed by atoms with Gasteiger partial charge < -0.3 is 20.7 Å². The number of hydrogen-bond acceptors (Lipinski definition) is 4. The quantitative estimate of drug-likeness (QED) is 0.560. The lowest BCUT2D eigenvalue weighted by Crippen LogP contribution is -2.50. The zero-order chi connectivity index (χ0) is 21.1.